The van der Waals surface area contributed by atoms with Gasteiger partial charge in [-0.3, -0.25) is 9.98 Å². The minimum atomic E-state index is -0.497. The Hall–Kier alpha value is -4.76. The topological polar surface area (TPSA) is 24.7 Å². The van der Waals surface area contributed by atoms with Gasteiger partial charge in [0.05, 0.1) is 16.8 Å². The van der Waals surface area contributed by atoms with Crippen molar-refractivity contribution in [2.45, 2.75) is 5.41 Å². The Morgan fingerprint density at radius 3 is 1.21 bits per heavy atom. The minimum absolute atomic E-state index is 0.497. The molecule has 0 saturated heterocycles. The third-order valence-electron chi connectivity index (χ3n) is 8.07. The molecule has 0 N–H and O–H groups in total. The van der Waals surface area contributed by atoms with Crippen molar-refractivity contribution in [1.29, 1.82) is 0 Å². The lowest BCUT2D eigenvalue weighted by Crippen LogP contribution is -2.28. The molecule has 7 rings (SSSR count). The van der Waals surface area contributed by atoms with Crippen LogP contribution in [0.25, 0.3) is 11.1 Å². The minimum Gasteiger partial charge on any atom is -0.256 e. The lowest BCUT2D eigenvalue weighted by atomic mass is 9.67. The number of benzene rings is 6. The number of fused-ring (bicyclic) bond motifs is 3. The second kappa shape index (κ2) is 11.5. The van der Waals surface area contributed by atoms with Crippen LogP contribution in [0.4, 0.5) is 11.4 Å². The zero-order valence-corrected chi connectivity index (χ0v) is 24.7. The quantitative estimate of drug-likeness (QED) is 0.171. The molecule has 6 aromatic carbocycles. The largest absolute Gasteiger partial charge is 0.256 e. The third-order valence-corrected chi connectivity index (χ3v) is 8.76. The molecule has 0 heterocycles. The van der Waals surface area contributed by atoms with E-state index in [4.69, 9.17) is 33.2 Å². The molecule has 0 aromatic heterocycles. The van der Waals surface area contributed by atoms with Gasteiger partial charge in [0.15, 0.2) is 0 Å². The first-order valence-electron chi connectivity index (χ1n) is 14.1. The Kier molecular flexibility index (Phi) is 7.24. The monoisotopic (exact) mass is 592 g/mol. The summed E-state index contributed by atoms with van der Waals surface area (Å²) in [4.78, 5) is 9.44. The van der Waals surface area contributed by atoms with E-state index in [2.05, 4.69) is 97.1 Å². The van der Waals surface area contributed by atoms with E-state index in [1.54, 1.807) is 0 Å². The molecule has 0 fully saturated rings. The van der Waals surface area contributed by atoms with Crippen molar-refractivity contribution >= 4 is 47.0 Å². The Labute approximate surface area is 261 Å². The Bertz CT molecular complexity index is 1840. The molecule has 43 heavy (non-hydrogen) atoms. The van der Waals surface area contributed by atoms with Crippen molar-refractivity contribution in [3.63, 3.8) is 0 Å². The van der Waals surface area contributed by atoms with E-state index in [9.17, 15) is 0 Å². The van der Waals surface area contributed by atoms with Crippen molar-refractivity contribution in [2.24, 2.45) is 9.98 Å². The highest BCUT2D eigenvalue weighted by atomic mass is 35.5. The van der Waals surface area contributed by atoms with Gasteiger partial charge in [-0.2, -0.15) is 0 Å². The van der Waals surface area contributed by atoms with Crippen LogP contribution in [0, 0.1) is 0 Å². The van der Waals surface area contributed by atoms with Crippen molar-refractivity contribution in [1.82, 2.24) is 0 Å². The first kappa shape index (κ1) is 27.1. The summed E-state index contributed by atoms with van der Waals surface area (Å²) in [5, 5.41) is 1.36. The lowest BCUT2D eigenvalue weighted by Gasteiger charge is -2.34. The van der Waals surface area contributed by atoms with Crippen LogP contribution < -0.4 is 0 Å². The molecule has 0 spiro atoms. The molecular formula is C39H26Cl2N2. The molecule has 2 nitrogen and oxygen atoms in total. The number of hydrogen-bond donors (Lipinski definition) is 0. The van der Waals surface area contributed by atoms with Crippen molar-refractivity contribution < 1.29 is 0 Å². The molecule has 0 bridgehead atoms. The van der Waals surface area contributed by atoms with Gasteiger partial charge < -0.3 is 0 Å². The molecule has 4 heteroatoms. The van der Waals surface area contributed by atoms with Gasteiger partial charge in [0, 0.05) is 33.6 Å². The number of hydrogen-bond acceptors (Lipinski definition) is 2. The van der Waals surface area contributed by atoms with Crippen molar-refractivity contribution in [3.05, 3.63) is 189 Å². The highest BCUT2D eigenvalue weighted by Gasteiger charge is 2.45. The maximum atomic E-state index is 6.35. The molecule has 206 valence electrons. The Morgan fingerprint density at radius 1 is 0.419 bits per heavy atom. The van der Waals surface area contributed by atoms with Gasteiger partial charge in [-0.25, -0.2) is 0 Å². The fourth-order valence-corrected chi connectivity index (χ4v) is 6.44. The standard InChI is InChI=1S/C39H26Cl2N2/c40-37-15-7-1-9-27(37)25-42-31-21-17-29(18-22-31)39(35-13-5-3-11-33(35)34-12-4-6-14-36(34)39)30-19-23-32(24-20-30)43-26-28-10-2-8-16-38(28)41/h1-26H. The summed E-state index contributed by atoms with van der Waals surface area (Å²) in [6.45, 7) is 0. The van der Waals surface area contributed by atoms with E-state index in [1.807, 2.05) is 61.0 Å². The van der Waals surface area contributed by atoms with Crippen LogP contribution in [0.15, 0.2) is 156 Å². The third kappa shape index (κ3) is 4.89. The molecule has 1 aliphatic rings. The van der Waals surface area contributed by atoms with Crippen LogP contribution in [-0.4, -0.2) is 12.4 Å². The lowest BCUT2D eigenvalue weighted by molar-refractivity contribution is 0.768. The molecule has 0 atom stereocenters. The SMILES string of the molecule is Clc1ccccc1C=Nc1ccc(C2(c3ccc(N=Cc4ccccc4Cl)cc3)c3ccccc3-c3ccccc32)cc1. The van der Waals surface area contributed by atoms with Crippen LogP contribution in [0.1, 0.15) is 33.4 Å². The molecular weight excluding hydrogens is 567 g/mol. The van der Waals surface area contributed by atoms with Gasteiger partial charge in [-0.05, 0) is 69.8 Å². The summed E-state index contributed by atoms with van der Waals surface area (Å²) < 4.78 is 0. The zero-order valence-electron chi connectivity index (χ0n) is 23.2. The van der Waals surface area contributed by atoms with Crippen LogP contribution in [0.3, 0.4) is 0 Å². The zero-order chi connectivity index (χ0) is 29.2. The molecule has 0 radical (unpaired) electrons. The van der Waals surface area contributed by atoms with Gasteiger partial charge in [-0.1, -0.05) is 132 Å². The number of rotatable bonds is 6. The number of aliphatic imine (C=N–C) groups is 2. The van der Waals surface area contributed by atoms with E-state index in [0.29, 0.717) is 10.0 Å². The first-order valence-corrected chi connectivity index (χ1v) is 14.9. The summed E-state index contributed by atoms with van der Waals surface area (Å²) >= 11 is 12.7. The van der Waals surface area contributed by atoms with Gasteiger partial charge in [0.25, 0.3) is 0 Å². The van der Waals surface area contributed by atoms with E-state index in [1.165, 1.54) is 33.4 Å². The van der Waals surface area contributed by atoms with Crippen molar-refractivity contribution in [2.75, 3.05) is 0 Å². The fourth-order valence-electron chi connectivity index (χ4n) is 6.07. The molecule has 6 aromatic rings. The molecule has 0 unspecified atom stereocenters. The van der Waals surface area contributed by atoms with E-state index < -0.39 is 5.41 Å². The maximum absolute atomic E-state index is 6.35. The summed E-state index contributed by atoms with van der Waals surface area (Å²) in [6, 6.07) is 50.0. The van der Waals surface area contributed by atoms with Crippen LogP contribution in [0.2, 0.25) is 10.0 Å². The van der Waals surface area contributed by atoms with Gasteiger partial charge in [0.1, 0.15) is 0 Å². The van der Waals surface area contributed by atoms with Crippen LogP contribution in [-0.2, 0) is 5.41 Å². The number of halogens is 2. The van der Waals surface area contributed by atoms with Gasteiger partial charge in [-0.15, -0.1) is 0 Å². The Morgan fingerprint density at radius 2 is 0.791 bits per heavy atom. The normalized spacial score (nSPS) is 13.3. The van der Waals surface area contributed by atoms with E-state index in [0.717, 1.165) is 22.5 Å². The molecule has 0 saturated carbocycles. The average Bonchev–Trinajstić information content (AvgIpc) is 3.36. The average molecular weight is 594 g/mol. The molecule has 0 aliphatic heterocycles. The molecule has 0 amide bonds. The van der Waals surface area contributed by atoms with Crippen LogP contribution in [0.5, 0.6) is 0 Å². The summed E-state index contributed by atoms with van der Waals surface area (Å²) in [7, 11) is 0. The molecule has 1 aliphatic carbocycles. The van der Waals surface area contributed by atoms with Crippen molar-refractivity contribution in [3.8, 4) is 11.1 Å². The Balaban J connectivity index is 1.33. The smallest absolute Gasteiger partial charge is 0.0713 e. The predicted molar refractivity (Wildman–Crippen MR) is 181 cm³/mol. The van der Waals surface area contributed by atoms with E-state index >= 15 is 0 Å². The van der Waals surface area contributed by atoms with Gasteiger partial charge >= 0.3 is 0 Å². The fraction of sp³-hybridized carbons (Fsp3) is 0.0256. The second-order valence-corrected chi connectivity index (χ2v) is 11.3. The highest BCUT2D eigenvalue weighted by Crippen LogP contribution is 2.56. The number of nitrogens with zero attached hydrogens (tertiary/aromatic N) is 2. The van der Waals surface area contributed by atoms with Crippen LogP contribution >= 0.6 is 23.2 Å². The second-order valence-electron chi connectivity index (χ2n) is 10.5. The highest BCUT2D eigenvalue weighted by molar-refractivity contribution is 6.33. The van der Waals surface area contributed by atoms with E-state index in [-0.39, 0.29) is 0 Å². The predicted octanol–water partition coefficient (Wildman–Crippen LogP) is 10.9. The summed E-state index contributed by atoms with van der Waals surface area (Å²) in [5.74, 6) is 0. The van der Waals surface area contributed by atoms with Gasteiger partial charge in [0.2, 0.25) is 0 Å². The summed E-state index contributed by atoms with van der Waals surface area (Å²) in [5.41, 5.74) is 10.4. The summed E-state index contributed by atoms with van der Waals surface area (Å²) in [6.07, 6.45) is 3.63. The first-order chi connectivity index (χ1) is 21.1. The maximum Gasteiger partial charge on any atom is 0.0713 e.